The molecular weight excluding hydrogens is 651 g/mol. The predicted octanol–water partition coefficient (Wildman–Crippen LogP) is 5.33. The number of amides is 1. The third-order valence-corrected chi connectivity index (χ3v) is 8.84. The number of alkyl halides is 3. The first-order valence-corrected chi connectivity index (χ1v) is 15.2. The predicted molar refractivity (Wildman–Crippen MR) is 168 cm³/mol. The first kappa shape index (κ1) is 37.9. The molecule has 1 fully saturated rings. The number of carbonyl (C=O) groups is 3. The summed E-state index contributed by atoms with van der Waals surface area (Å²) in [5, 5.41) is 17.4. The molecule has 0 bridgehead atoms. The molecule has 248 valence electrons. The first-order valence-electron chi connectivity index (χ1n) is 13.6. The molecule has 0 aliphatic carbocycles. The summed E-state index contributed by atoms with van der Waals surface area (Å²) in [7, 11) is -3.60. The minimum Gasteiger partial charge on any atom is -0.478 e. The molecule has 4 rings (SSSR count). The van der Waals surface area contributed by atoms with E-state index in [0.717, 1.165) is 17.8 Å². The van der Waals surface area contributed by atoms with Crippen LogP contribution >= 0.6 is 12.4 Å². The molecule has 1 saturated heterocycles. The maximum atomic E-state index is 12.8. The molecule has 1 aliphatic rings. The fourth-order valence-electron chi connectivity index (χ4n) is 4.49. The van der Waals surface area contributed by atoms with E-state index < -0.39 is 33.7 Å². The van der Waals surface area contributed by atoms with Crippen LogP contribution in [0.5, 0.6) is 0 Å². The minimum absolute atomic E-state index is 0. The third-order valence-electron chi connectivity index (χ3n) is 7.07. The van der Waals surface area contributed by atoms with Crippen molar-refractivity contribution in [3.8, 4) is 0 Å². The van der Waals surface area contributed by atoms with Crippen molar-refractivity contribution >= 4 is 46.4 Å². The molecule has 2 aromatic carbocycles. The summed E-state index contributed by atoms with van der Waals surface area (Å²) in [5.41, 5.74) is 1.79. The van der Waals surface area contributed by atoms with E-state index >= 15 is 0 Å². The number of nitrogens with zero attached hydrogens (tertiary/aromatic N) is 3. The summed E-state index contributed by atoms with van der Waals surface area (Å²) in [6.45, 7) is 5.75. The number of carboxylic acid groups (broad SMARTS) is 2. The van der Waals surface area contributed by atoms with E-state index in [1.54, 1.807) is 24.0 Å². The van der Waals surface area contributed by atoms with Gasteiger partial charge in [0, 0.05) is 38.1 Å². The number of aromatic carboxylic acids is 2. The second-order valence-corrected chi connectivity index (χ2v) is 12.2. The number of aromatic nitrogens is 1. The van der Waals surface area contributed by atoms with Crippen molar-refractivity contribution in [1.82, 2.24) is 14.2 Å². The Morgan fingerprint density at radius 2 is 1.50 bits per heavy atom. The zero-order chi connectivity index (χ0) is 33.5. The number of hydrogen-bond acceptors (Lipinski definition) is 6. The van der Waals surface area contributed by atoms with Crippen LogP contribution in [0.25, 0.3) is 6.08 Å². The smallest absolute Gasteiger partial charge is 0.416 e. The van der Waals surface area contributed by atoms with Gasteiger partial charge in [-0.3, -0.25) is 9.78 Å². The van der Waals surface area contributed by atoms with Crippen LogP contribution in [0.1, 0.15) is 59.0 Å². The molecule has 2 N–H and O–H groups in total. The molecule has 0 saturated carbocycles. The number of halogens is 4. The van der Waals surface area contributed by atoms with Gasteiger partial charge in [-0.15, -0.1) is 12.4 Å². The molecule has 1 amide bonds. The molecule has 1 aliphatic heterocycles. The highest BCUT2D eigenvalue weighted by Gasteiger charge is 2.31. The Labute approximate surface area is 270 Å². The van der Waals surface area contributed by atoms with E-state index in [1.165, 1.54) is 53.8 Å². The van der Waals surface area contributed by atoms with E-state index in [1.807, 2.05) is 6.92 Å². The van der Waals surface area contributed by atoms with Crippen molar-refractivity contribution < 1.29 is 46.2 Å². The molecule has 0 unspecified atom stereocenters. The van der Waals surface area contributed by atoms with Gasteiger partial charge in [-0.25, -0.2) is 18.0 Å². The van der Waals surface area contributed by atoms with Gasteiger partial charge in [0.25, 0.3) is 5.91 Å². The van der Waals surface area contributed by atoms with E-state index in [0.29, 0.717) is 16.7 Å². The first-order chi connectivity index (χ1) is 21.0. The molecule has 1 aromatic heterocycles. The minimum atomic E-state index is -4.42. The lowest BCUT2D eigenvalue weighted by molar-refractivity contribution is -0.137. The Hall–Kier alpha value is -4.27. The van der Waals surface area contributed by atoms with Crippen molar-refractivity contribution in [3.05, 3.63) is 105 Å². The summed E-state index contributed by atoms with van der Waals surface area (Å²) < 4.78 is 64.9. The average Bonchev–Trinajstić information content (AvgIpc) is 2.97. The van der Waals surface area contributed by atoms with Gasteiger partial charge in [0.2, 0.25) is 10.0 Å². The molecule has 15 heteroatoms. The number of hydrogen-bond donors (Lipinski definition) is 2. The summed E-state index contributed by atoms with van der Waals surface area (Å²) >= 11 is 0. The van der Waals surface area contributed by atoms with Crippen LogP contribution in [0.15, 0.2) is 60.8 Å². The number of sulfonamides is 1. The maximum absolute atomic E-state index is 12.8. The highest BCUT2D eigenvalue weighted by molar-refractivity contribution is 7.89. The third kappa shape index (κ3) is 9.86. The van der Waals surface area contributed by atoms with Crippen molar-refractivity contribution in [2.75, 3.05) is 31.9 Å². The lowest BCUT2D eigenvalue weighted by atomic mass is 10.0. The molecule has 0 radical (unpaired) electrons. The number of carboxylic acids is 2. The van der Waals surface area contributed by atoms with Gasteiger partial charge in [-0.1, -0.05) is 24.3 Å². The Bertz CT molecular complexity index is 1670. The molecule has 0 spiro atoms. The number of aryl methyl sites for hydroxylation is 2. The zero-order valence-electron chi connectivity index (χ0n) is 25.1. The second-order valence-electron chi connectivity index (χ2n) is 10.2. The summed E-state index contributed by atoms with van der Waals surface area (Å²) in [5.74, 6) is -2.68. The van der Waals surface area contributed by atoms with E-state index in [9.17, 15) is 36.0 Å². The Morgan fingerprint density at radius 1 is 0.913 bits per heavy atom. The monoisotopic (exact) mass is 683 g/mol. The Balaban J connectivity index is 0.000000442. The summed E-state index contributed by atoms with van der Waals surface area (Å²) in [4.78, 5) is 39.5. The van der Waals surface area contributed by atoms with Crippen molar-refractivity contribution in [2.24, 2.45) is 0 Å². The fraction of sp³-hybridized carbons (Fsp3) is 0.290. The van der Waals surface area contributed by atoms with Crippen LogP contribution in [0.2, 0.25) is 0 Å². The van der Waals surface area contributed by atoms with Crippen LogP contribution in [0.3, 0.4) is 0 Å². The number of piperazine rings is 1. The van der Waals surface area contributed by atoms with Crippen LogP contribution in [0.4, 0.5) is 13.2 Å². The maximum Gasteiger partial charge on any atom is 0.416 e. The molecule has 0 atom stereocenters. The van der Waals surface area contributed by atoms with Crippen molar-refractivity contribution in [2.45, 2.75) is 26.9 Å². The van der Waals surface area contributed by atoms with E-state index in [4.69, 9.17) is 10.2 Å². The van der Waals surface area contributed by atoms with E-state index in [2.05, 4.69) is 4.98 Å². The largest absolute Gasteiger partial charge is 0.478 e. The lowest BCUT2D eigenvalue weighted by Crippen LogP contribution is -2.50. The van der Waals surface area contributed by atoms with E-state index in [-0.39, 0.29) is 66.9 Å². The molecular formula is C31H33ClF3N3O7S. The van der Waals surface area contributed by atoms with Gasteiger partial charge in [0.15, 0.2) is 0 Å². The van der Waals surface area contributed by atoms with Gasteiger partial charge >= 0.3 is 18.1 Å². The molecule has 46 heavy (non-hydrogen) atoms. The summed E-state index contributed by atoms with van der Waals surface area (Å²) in [6.07, 6.45) is 0.0300. The van der Waals surface area contributed by atoms with Crippen LogP contribution in [-0.4, -0.2) is 82.6 Å². The van der Waals surface area contributed by atoms with Crippen molar-refractivity contribution in [1.29, 1.82) is 0 Å². The number of carbonyl (C=O) groups excluding carboxylic acids is 1. The normalized spacial score (nSPS) is 13.8. The highest BCUT2D eigenvalue weighted by Crippen LogP contribution is 2.30. The Morgan fingerprint density at radius 3 is 1.98 bits per heavy atom. The topological polar surface area (TPSA) is 145 Å². The quantitative estimate of drug-likeness (QED) is 0.340. The average molecular weight is 684 g/mol. The van der Waals surface area contributed by atoms with Gasteiger partial charge < -0.3 is 15.1 Å². The van der Waals surface area contributed by atoms with Gasteiger partial charge in [-0.2, -0.15) is 17.5 Å². The van der Waals surface area contributed by atoms with Crippen LogP contribution < -0.4 is 0 Å². The number of benzene rings is 2. The van der Waals surface area contributed by atoms with Crippen molar-refractivity contribution in [3.63, 3.8) is 0 Å². The molecule has 2 heterocycles. The lowest BCUT2D eigenvalue weighted by Gasteiger charge is -2.33. The Kier molecular flexibility index (Phi) is 13.0. The fourth-order valence-corrected chi connectivity index (χ4v) is 5.76. The molecule has 3 aromatic rings. The van der Waals surface area contributed by atoms with Crippen LogP contribution in [-0.2, 0) is 16.2 Å². The standard InChI is InChI=1S/C22H24F3N3O3S.C9H8O4.ClH/c1-16-14-20(22(23,24)25)8-7-18(16)4-3-13-32(30,31)28-11-9-27(10-12-28)21(29)19-6-5-17(2)26-15-19;1-5-6(8(10)11)3-2-4-7(5)9(12)13;/h3-8,14-15H,9-13H2,1-2H3;2-4H,1H3,(H,10,11)(H,12,13);1H. The van der Waals surface area contributed by atoms with Gasteiger partial charge in [0.1, 0.15) is 0 Å². The van der Waals surface area contributed by atoms with Gasteiger partial charge in [0.05, 0.1) is 28.0 Å². The second kappa shape index (κ2) is 15.8. The zero-order valence-corrected chi connectivity index (χ0v) is 26.7. The highest BCUT2D eigenvalue weighted by atomic mass is 35.5. The number of pyridine rings is 1. The number of rotatable bonds is 7. The van der Waals surface area contributed by atoms with Crippen LogP contribution in [0, 0.1) is 20.8 Å². The molecule has 10 nitrogen and oxygen atoms in total. The SMILES string of the molecule is Cc1c(C(=O)O)cccc1C(=O)O.Cc1ccc(C(=O)N2CCN(S(=O)(=O)CC=Cc3ccc(C(F)(F)F)cc3C)CC2)cn1.Cl. The summed E-state index contributed by atoms with van der Waals surface area (Å²) in [6, 6.07) is 11.0. The van der Waals surface area contributed by atoms with Gasteiger partial charge in [-0.05, 0) is 73.9 Å².